The molecule has 5 rings (SSSR count). The Balaban J connectivity index is 1.55. The number of ketones is 1. The van der Waals surface area contributed by atoms with Crippen LogP contribution >= 0.6 is 0 Å². The number of rotatable bonds is 6. The highest BCUT2D eigenvalue weighted by Crippen LogP contribution is 2.49. The fourth-order valence-corrected chi connectivity index (χ4v) is 4.61. The number of nitrogens with zero attached hydrogens (tertiary/aromatic N) is 4. The Morgan fingerprint density at radius 3 is 2.69 bits per heavy atom. The number of fused-ring (bicyclic) bond motifs is 1. The topological polar surface area (TPSA) is 89.8 Å². The molecule has 0 saturated heterocycles. The van der Waals surface area contributed by atoms with Crippen LogP contribution < -0.4 is 5.32 Å². The van der Waals surface area contributed by atoms with Crippen molar-refractivity contribution < 1.29 is 18.4 Å². The summed E-state index contributed by atoms with van der Waals surface area (Å²) in [6, 6.07) is 5.30. The summed E-state index contributed by atoms with van der Waals surface area (Å²) in [6.45, 7) is 5.81. The van der Waals surface area contributed by atoms with Gasteiger partial charge in [-0.15, -0.1) is 0 Å². The number of nitrogens with one attached hydrogen (secondary N) is 1. The molecule has 1 unspecified atom stereocenters. The molecule has 7 nitrogen and oxygen atoms in total. The van der Waals surface area contributed by atoms with E-state index in [-0.39, 0.29) is 11.6 Å². The van der Waals surface area contributed by atoms with E-state index < -0.39 is 29.6 Å². The molecule has 1 saturated carbocycles. The molecule has 2 aliphatic rings. The maximum atomic E-state index is 13.2. The summed E-state index contributed by atoms with van der Waals surface area (Å²) in [7, 11) is 0. The second kappa shape index (κ2) is 8.18. The van der Waals surface area contributed by atoms with E-state index >= 15 is 0 Å². The van der Waals surface area contributed by atoms with Gasteiger partial charge in [-0.25, -0.2) is 23.4 Å². The molecule has 0 bridgehead atoms. The molecule has 2 atom stereocenters. The van der Waals surface area contributed by atoms with Gasteiger partial charge in [0.1, 0.15) is 17.5 Å². The number of pyridine rings is 2. The van der Waals surface area contributed by atoms with Gasteiger partial charge in [-0.2, -0.15) is 5.10 Å². The summed E-state index contributed by atoms with van der Waals surface area (Å²) in [5.41, 5.74) is 2.76. The number of amides is 1. The van der Waals surface area contributed by atoms with Gasteiger partial charge in [0.2, 0.25) is 5.91 Å². The fourth-order valence-electron chi connectivity index (χ4n) is 4.61. The van der Waals surface area contributed by atoms with Crippen molar-refractivity contribution in [2.45, 2.75) is 46.0 Å². The van der Waals surface area contributed by atoms with Gasteiger partial charge in [0.15, 0.2) is 5.82 Å². The van der Waals surface area contributed by atoms with Gasteiger partial charge in [-0.3, -0.25) is 9.59 Å². The Morgan fingerprint density at radius 1 is 1.29 bits per heavy atom. The van der Waals surface area contributed by atoms with Crippen molar-refractivity contribution in [3.05, 3.63) is 60.1 Å². The average Bonchev–Trinajstić information content (AvgIpc) is 3.20. The summed E-state index contributed by atoms with van der Waals surface area (Å²) in [5.74, 6) is -4.07. The molecular formula is C26H25F2N5O2. The molecule has 0 aliphatic heterocycles. The van der Waals surface area contributed by atoms with E-state index in [4.69, 9.17) is 4.98 Å². The molecule has 2 aliphatic carbocycles. The number of carbonyl (C=O) groups excluding carboxylic acids is 2. The summed E-state index contributed by atoms with van der Waals surface area (Å²) in [5, 5.41) is 7.54. The van der Waals surface area contributed by atoms with Gasteiger partial charge in [0.25, 0.3) is 5.92 Å². The SMILES string of the molecule is CCC(=O)C1(C)C=C(C)C(c2cc3cnc(NC(=O)[C@H]4CC4(F)F)cc3nc2-n2cccn2)=CC1. The van der Waals surface area contributed by atoms with Crippen LogP contribution in [-0.4, -0.2) is 37.4 Å². The summed E-state index contributed by atoms with van der Waals surface area (Å²) < 4.78 is 28.1. The third kappa shape index (κ3) is 4.15. The molecule has 3 aromatic rings. The van der Waals surface area contributed by atoms with Gasteiger partial charge in [0.05, 0.1) is 5.52 Å². The highest BCUT2D eigenvalue weighted by atomic mass is 19.3. The summed E-state index contributed by atoms with van der Waals surface area (Å²) in [4.78, 5) is 33.7. The Morgan fingerprint density at radius 2 is 2.06 bits per heavy atom. The molecule has 35 heavy (non-hydrogen) atoms. The Hall–Kier alpha value is -3.75. The normalized spacial score (nSPS) is 22.9. The monoisotopic (exact) mass is 477 g/mol. The van der Waals surface area contributed by atoms with Crippen molar-refractivity contribution in [2.75, 3.05) is 5.32 Å². The van der Waals surface area contributed by atoms with Crippen molar-refractivity contribution in [3.63, 3.8) is 0 Å². The maximum absolute atomic E-state index is 13.2. The lowest BCUT2D eigenvalue weighted by molar-refractivity contribution is -0.125. The van der Waals surface area contributed by atoms with Crippen LogP contribution in [0.5, 0.6) is 0 Å². The molecule has 0 aromatic carbocycles. The molecule has 0 spiro atoms. The zero-order chi connectivity index (χ0) is 25.0. The van der Waals surface area contributed by atoms with Crippen molar-refractivity contribution in [1.82, 2.24) is 19.7 Å². The van der Waals surface area contributed by atoms with Crippen LogP contribution in [0.25, 0.3) is 22.3 Å². The van der Waals surface area contributed by atoms with E-state index in [0.29, 0.717) is 24.2 Å². The molecule has 3 aromatic heterocycles. The van der Waals surface area contributed by atoms with Crippen molar-refractivity contribution in [3.8, 4) is 5.82 Å². The molecule has 1 fully saturated rings. The standard InChI is InChI=1S/C26H25F2N5O2/c1-4-21(34)25(3)7-6-17(15(2)12-25)18-10-16-14-29-22(32-24(35)19-13-26(19,27)28)11-20(16)31-23(18)33-9-5-8-30-33/h5-6,8-12,14,19H,4,7,13H2,1-3H3,(H,29,32,35)/t19-,25?/m1/s1. The first-order valence-electron chi connectivity index (χ1n) is 11.5. The van der Waals surface area contributed by atoms with Crippen molar-refractivity contribution in [1.29, 1.82) is 0 Å². The minimum atomic E-state index is -2.95. The molecule has 180 valence electrons. The smallest absolute Gasteiger partial charge is 0.260 e. The first-order chi connectivity index (χ1) is 16.6. The quantitative estimate of drug-likeness (QED) is 0.532. The van der Waals surface area contributed by atoms with Crippen LogP contribution in [0.2, 0.25) is 0 Å². The zero-order valence-electron chi connectivity index (χ0n) is 19.7. The van der Waals surface area contributed by atoms with E-state index in [1.54, 1.807) is 35.4 Å². The van der Waals surface area contributed by atoms with Gasteiger partial charge in [-0.1, -0.05) is 19.1 Å². The Kier molecular flexibility index (Phi) is 5.38. The fraction of sp³-hybridized carbons (Fsp3) is 0.346. The predicted molar refractivity (Wildman–Crippen MR) is 128 cm³/mol. The zero-order valence-corrected chi connectivity index (χ0v) is 19.7. The van der Waals surface area contributed by atoms with Crippen LogP contribution in [0.1, 0.15) is 45.6 Å². The molecule has 0 radical (unpaired) electrons. The van der Waals surface area contributed by atoms with Crippen molar-refractivity contribution >= 4 is 34.0 Å². The van der Waals surface area contributed by atoms with E-state index in [1.807, 2.05) is 32.9 Å². The minimum Gasteiger partial charge on any atom is -0.310 e. The summed E-state index contributed by atoms with van der Waals surface area (Å²) in [6.07, 6.45) is 9.70. The first kappa shape index (κ1) is 23.0. The highest BCUT2D eigenvalue weighted by molar-refractivity contribution is 5.97. The highest BCUT2D eigenvalue weighted by Gasteiger charge is 2.61. The second-order valence-corrected chi connectivity index (χ2v) is 9.42. The molecule has 1 N–H and O–H groups in total. The third-order valence-corrected chi connectivity index (χ3v) is 6.73. The first-order valence-corrected chi connectivity index (χ1v) is 11.5. The lowest BCUT2D eigenvalue weighted by Crippen LogP contribution is -2.26. The Bertz CT molecular complexity index is 1410. The molecule has 9 heteroatoms. The lowest BCUT2D eigenvalue weighted by Gasteiger charge is -2.29. The minimum absolute atomic E-state index is 0.165. The number of Topliss-reactive ketones (excluding diaryl/α,β-unsaturated/α-hetero) is 1. The van der Waals surface area contributed by atoms with E-state index in [2.05, 4.69) is 21.5 Å². The largest absolute Gasteiger partial charge is 0.310 e. The third-order valence-electron chi connectivity index (χ3n) is 6.73. The number of halogens is 2. The number of alkyl halides is 2. The van der Waals surface area contributed by atoms with Crippen LogP contribution in [0, 0.1) is 11.3 Å². The predicted octanol–water partition coefficient (Wildman–Crippen LogP) is 5.13. The molecule has 1 amide bonds. The Labute approximate surface area is 201 Å². The number of hydrogen-bond acceptors (Lipinski definition) is 5. The summed E-state index contributed by atoms with van der Waals surface area (Å²) >= 11 is 0. The molecular weight excluding hydrogens is 452 g/mol. The van der Waals surface area contributed by atoms with Crippen LogP contribution in [0.4, 0.5) is 14.6 Å². The number of carbonyl (C=O) groups is 2. The molecule has 3 heterocycles. The number of anilines is 1. The van der Waals surface area contributed by atoms with Gasteiger partial charge >= 0.3 is 0 Å². The van der Waals surface area contributed by atoms with Crippen molar-refractivity contribution in [2.24, 2.45) is 11.3 Å². The lowest BCUT2D eigenvalue weighted by atomic mass is 9.74. The van der Waals surface area contributed by atoms with Crippen LogP contribution in [0.3, 0.4) is 0 Å². The van der Waals surface area contributed by atoms with Gasteiger partial charge < -0.3 is 5.32 Å². The van der Waals surface area contributed by atoms with Gasteiger partial charge in [0, 0.05) is 53.9 Å². The number of allylic oxidation sites excluding steroid dienone is 4. The van der Waals surface area contributed by atoms with E-state index in [0.717, 1.165) is 22.1 Å². The van der Waals surface area contributed by atoms with Gasteiger partial charge in [-0.05, 0) is 43.5 Å². The van der Waals surface area contributed by atoms with Crippen LogP contribution in [-0.2, 0) is 9.59 Å². The number of hydrogen-bond donors (Lipinski definition) is 1. The van der Waals surface area contributed by atoms with E-state index in [9.17, 15) is 18.4 Å². The maximum Gasteiger partial charge on any atom is 0.260 e. The number of aromatic nitrogens is 4. The second-order valence-electron chi connectivity index (χ2n) is 9.42. The van der Waals surface area contributed by atoms with E-state index in [1.165, 1.54) is 0 Å². The van der Waals surface area contributed by atoms with Crippen LogP contribution in [0.15, 0.2) is 54.5 Å². The average molecular weight is 478 g/mol.